The Balaban J connectivity index is 0.000000937. The normalized spacial score (nSPS) is 42.9. The van der Waals surface area contributed by atoms with Gasteiger partial charge < -0.3 is 18.9 Å². The predicted octanol–water partition coefficient (Wildman–Crippen LogP) is 4.64. The van der Waals surface area contributed by atoms with Crippen molar-refractivity contribution in [2.45, 2.75) is 83.7 Å². The molecule has 2 spiro atoms. The fraction of sp³-hybridized carbons (Fsp3) is 0.880. The highest BCUT2D eigenvalue weighted by atomic mass is 16.7. The van der Waals surface area contributed by atoms with E-state index in [9.17, 15) is 4.79 Å². The van der Waals surface area contributed by atoms with Gasteiger partial charge >= 0.3 is 0 Å². The van der Waals surface area contributed by atoms with Crippen molar-refractivity contribution in [3.63, 3.8) is 0 Å². The van der Waals surface area contributed by atoms with E-state index in [1.165, 1.54) is 5.57 Å². The molecule has 6 aliphatic rings. The van der Waals surface area contributed by atoms with Crippen LogP contribution >= 0.6 is 0 Å². The van der Waals surface area contributed by atoms with Crippen LogP contribution < -0.4 is 0 Å². The Morgan fingerprint density at radius 2 is 1.67 bits per heavy atom. The molecule has 4 aliphatic carbocycles. The Bertz CT molecular complexity index is 702. The lowest BCUT2D eigenvalue weighted by Gasteiger charge is -2.55. The number of carbonyl (C=O) groups excluding carboxylic acids is 1. The number of ketones is 1. The first kappa shape index (κ1) is 21.1. The second kappa shape index (κ2) is 7.68. The number of allylic oxidation sites excluding steroid dienone is 1. The lowest BCUT2D eigenvalue weighted by atomic mass is 9.50. The largest absolute Gasteiger partial charge is 0.347 e. The Hall–Kier alpha value is -0.750. The van der Waals surface area contributed by atoms with Crippen LogP contribution in [-0.4, -0.2) is 43.8 Å². The number of hydrogen-bond donors (Lipinski definition) is 0. The molecule has 3 saturated carbocycles. The van der Waals surface area contributed by atoms with Crippen molar-refractivity contribution < 1.29 is 23.7 Å². The van der Waals surface area contributed by atoms with Gasteiger partial charge in [-0.25, -0.2) is 0 Å². The molecule has 30 heavy (non-hydrogen) atoms. The fourth-order valence-corrected chi connectivity index (χ4v) is 8.11. The number of carbonyl (C=O) groups is 1. The molecule has 5 fully saturated rings. The van der Waals surface area contributed by atoms with Crippen molar-refractivity contribution in [1.29, 1.82) is 0 Å². The first-order valence-electron chi connectivity index (χ1n) is 12.4. The third kappa shape index (κ3) is 2.78. The van der Waals surface area contributed by atoms with Crippen LogP contribution in [0.4, 0.5) is 0 Å². The lowest BCUT2D eigenvalue weighted by molar-refractivity contribution is -0.245. The summed E-state index contributed by atoms with van der Waals surface area (Å²) in [6, 6.07) is 0. The topological polar surface area (TPSA) is 54.0 Å². The van der Waals surface area contributed by atoms with E-state index in [1.54, 1.807) is 0 Å². The van der Waals surface area contributed by atoms with Gasteiger partial charge in [0.2, 0.25) is 0 Å². The van der Waals surface area contributed by atoms with Crippen molar-refractivity contribution in [1.82, 2.24) is 0 Å². The number of Topliss-reactive ketones (excluding diaryl/α,β-unsaturated/α-hetero) is 1. The SMILES string of the molecule is CC.CC[C@]12CC(=O)C3C4CCC5(C=C4CCC3C1CCC21OCCO1)OCCO5. The quantitative estimate of drug-likeness (QED) is 0.581. The summed E-state index contributed by atoms with van der Waals surface area (Å²) in [5.74, 6) is 1.08. The van der Waals surface area contributed by atoms with Crippen LogP contribution in [0.1, 0.15) is 72.1 Å². The average molecular weight is 419 g/mol. The summed E-state index contributed by atoms with van der Waals surface area (Å²) >= 11 is 0. The highest BCUT2D eigenvalue weighted by Gasteiger charge is 2.69. The third-order valence-corrected chi connectivity index (χ3v) is 9.14. The minimum atomic E-state index is -0.495. The van der Waals surface area contributed by atoms with Crippen molar-refractivity contribution >= 4 is 5.78 Å². The molecule has 4 unspecified atom stereocenters. The van der Waals surface area contributed by atoms with Gasteiger partial charge in [0.15, 0.2) is 11.6 Å². The molecule has 6 rings (SSSR count). The van der Waals surface area contributed by atoms with Crippen LogP contribution in [0.3, 0.4) is 0 Å². The molecule has 2 saturated heterocycles. The number of rotatable bonds is 1. The molecule has 5 nitrogen and oxygen atoms in total. The molecule has 0 aromatic carbocycles. The molecule has 0 bridgehead atoms. The van der Waals surface area contributed by atoms with E-state index < -0.39 is 11.6 Å². The van der Waals surface area contributed by atoms with Gasteiger partial charge in [-0.3, -0.25) is 4.79 Å². The van der Waals surface area contributed by atoms with Crippen molar-refractivity contribution in [2.24, 2.45) is 29.1 Å². The summed E-state index contributed by atoms with van der Waals surface area (Å²) in [7, 11) is 0. The minimum Gasteiger partial charge on any atom is -0.347 e. The van der Waals surface area contributed by atoms with Crippen LogP contribution in [0.15, 0.2) is 11.6 Å². The smallest absolute Gasteiger partial charge is 0.188 e. The van der Waals surface area contributed by atoms with Gasteiger partial charge in [0.25, 0.3) is 0 Å². The van der Waals surface area contributed by atoms with Crippen molar-refractivity contribution in [2.75, 3.05) is 26.4 Å². The van der Waals surface area contributed by atoms with Gasteiger partial charge in [0.1, 0.15) is 5.78 Å². The van der Waals surface area contributed by atoms with Crippen LogP contribution in [0.5, 0.6) is 0 Å². The van der Waals surface area contributed by atoms with Crippen LogP contribution in [0, 0.1) is 29.1 Å². The molecule has 5 atom stereocenters. The average Bonchev–Trinajstić information content (AvgIpc) is 3.51. The summed E-state index contributed by atoms with van der Waals surface area (Å²) in [6.45, 7) is 8.96. The van der Waals surface area contributed by atoms with E-state index in [0.29, 0.717) is 56.4 Å². The zero-order chi connectivity index (χ0) is 21.0. The van der Waals surface area contributed by atoms with E-state index >= 15 is 0 Å². The van der Waals surface area contributed by atoms with Gasteiger partial charge in [-0.05, 0) is 55.9 Å². The van der Waals surface area contributed by atoms with Gasteiger partial charge in [-0.2, -0.15) is 0 Å². The number of hydrogen-bond acceptors (Lipinski definition) is 5. The monoisotopic (exact) mass is 418 g/mol. The molecule has 168 valence electrons. The molecule has 2 aliphatic heterocycles. The third-order valence-electron chi connectivity index (χ3n) is 9.14. The summed E-state index contributed by atoms with van der Waals surface area (Å²) < 4.78 is 24.4. The zero-order valence-corrected chi connectivity index (χ0v) is 18.9. The maximum Gasteiger partial charge on any atom is 0.188 e. The van der Waals surface area contributed by atoms with E-state index in [0.717, 1.165) is 44.9 Å². The van der Waals surface area contributed by atoms with E-state index in [2.05, 4.69) is 13.0 Å². The van der Waals surface area contributed by atoms with E-state index in [1.807, 2.05) is 13.8 Å². The number of ether oxygens (including phenoxy) is 4. The second-order valence-corrected chi connectivity index (χ2v) is 9.85. The zero-order valence-electron chi connectivity index (χ0n) is 18.9. The second-order valence-electron chi connectivity index (χ2n) is 9.85. The first-order valence-corrected chi connectivity index (χ1v) is 12.4. The van der Waals surface area contributed by atoms with Gasteiger partial charge in [0, 0.05) is 30.6 Å². The highest BCUT2D eigenvalue weighted by molar-refractivity contribution is 5.84. The Morgan fingerprint density at radius 1 is 0.967 bits per heavy atom. The molecule has 5 heteroatoms. The summed E-state index contributed by atoms with van der Waals surface area (Å²) in [4.78, 5) is 13.6. The molecule has 0 radical (unpaired) electrons. The number of fused-ring (bicyclic) bond motifs is 6. The molecule has 2 heterocycles. The molecule has 0 amide bonds. The summed E-state index contributed by atoms with van der Waals surface area (Å²) in [5, 5.41) is 0. The first-order chi connectivity index (χ1) is 14.6. The lowest BCUT2D eigenvalue weighted by Crippen LogP contribution is -2.58. The Labute approximate surface area is 180 Å². The van der Waals surface area contributed by atoms with Gasteiger partial charge in [-0.15, -0.1) is 0 Å². The maximum atomic E-state index is 13.6. The van der Waals surface area contributed by atoms with Gasteiger partial charge in [-0.1, -0.05) is 26.3 Å². The Morgan fingerprint density at radius 3 is 2.37 bits per heavy atom. The fourth-order valence-electron chi connectivity index (χ4n) is 8.11. The van der Waals surface area contributed by atoms with E-state index in [-0.39, 0.29) is 11.3 Å². The predicted molar refractivity (Wildman–Crippen MR) is 113 cm³/mol. The molecular formula is C25H38O5. The summed E-state index contributed by atoms with van der Waals surface area (Å²) in [5.41, 5.74) is 1.31. The standard InChI is InChI=1S/C23H32O5.C2H6/c1-2-21-14-19(24)20-16-5-7-22(25-9-10-26-22)13-15(16)3-4-17(20)18(21)6-8-23(21)27-11-12-28-23;1-2/h13,16-18,20H,2-12,14H2,1H3;1-2H3/t16?,17?,18?,20?,21-;/m0./s1. The Kier molecular flexibility index (Phi) is 5.41. The highest BCUT2D eigenvalue weighted by Crippen LogP contribution is 2.67. The van der Waals surface area contributed by atoms with Crippen molar-refractivity contribution in [3.05, 3.63) is 11.6 Å². The molecule has 0 aromatic heterocycles. The van der Waals surface area contributed by atoms with Crippen LogP contribution in [0.2, 0.25) is 0 Å². The van der Waals surface area contributed by atoms with Crippen LogP contribution in [-0.2, 0) is 23.7 Å². The van der Waals surface area contributed by atoms with Gasteiger partial charge in [0.05, 0.1) is 26.4 Å². The van der Waals surface area contributed by atoms with Crippen molar-refractivity contribution in [3.8, 4) is 0 Å². The van der Waals surface area contributed by atoms with E-state index in [4.69, 9.17) is 18.9 Å². The summed E-state index contributed by atoms with van der Waals surface area (Å²) in [6.07, 6.45) is 10.1. The molecule has 0 N–H and O–H groups in total. The van der Waals surface area contributed by atoms with Crippen LogP contribution in [0.25, 0.3) is 0 Å². The minimum absolute atomic E-state index is 0.115. The molecule has 0 aromatic rings. The molecular weight excluding hydrogens is 380 g/mol. The maximum absolute atomic E-state index is 13.6.